The fourth-order valence-corrected chi connectivity index (χ4v) is 3.26. The summed E-state index contributed by atoms with van der Waals surface area (Å²) < 4.78 is 35.1. The standard InChI is InChI=1S/C20H32F2N4O2.HI/c1-4-23-20(24-12-15(2)14-26-9-5-6-10-26)25-13-16-11-17(27-3)7-8-18(16)28-19(21)22;/h7-8,11,15,19H,4-6,9-10,12-14H2,1-3H3,(H2,23,24,25);1H. The Morgan fingerprint density at radius 3 is 2.59 bits per heavy atom. The molecule has 1 heterocycles. The second-order valence-electron chi connectivity index (χ2n) is 7.04. The van der Waals surface area contributed by atoms with Crippen molar-refractivity contribution in [2.75, 3.05) is 39.8 Å². The first kappa shape index (κ1) is 25.7. The lowest BCUT2D eigenvalue weighted by Gasteiger charge is -2.21. The van der Waals surface area contributed by atoms with Crippen LogP contribution in [0, 0.1) is 5.92 Å². The zero-order valence-electron chi connectivity index (χ0n) is 17.4. The maximum atomic E-state index is 12.7. The average Bonchev–Trinajstić information content (AvgIpc) is 3.17. The van der Waals surface area contributed by atoms with Gasteiger partial charge < -0.3 is 25.0 Å². The predicted octanol–water partition coefficient (Wildman–Crippen LogP) is 3.70. The van der Waals surface area contributed by atoms with Crippen LogP contribution in [0.4, 0.5) is 8.78 Å². The molecule has 0 spiro atoms. The summed E-state index contributed by atoms with van der Waals surface area (Å²) in [6, 6.07) is 4.74. The van der Waals surface area contributed by atoms with E-state index in [0.717, 1.165) is 13.1 Å². The highest BCUT2D eigenvalue weighted by Crippen LogP contribution is 2.26. The number of halogens is 3. The van der Waals surface area contributed by atoms with Gasteiger partial charge in [0.2, 0.25) is 0 Å². The van der Waals surface area contributed by atoms with Gasteiger partial charge in [-0.1, -0.05) is 6.92 Å². The molecular weight excluding hydrogens is 493 g/mol. The van der Waals surface area contributed by atoms with Crippen LogP contribution in [0.2, 0.25) is 0 Å². The lowest BCUT2D eigenvalue weighted by Crippen LogP contribution is -2.41. The van der Waals surface area contributed by atoms with Crippen molar-refractivity contribution in [1.82, 2.24) is 15.5 Å². The lowest BCUT2D eigenvalue weighted by atomic mass is 10.1. The van der Waals surface area contributed by atoms with Crippen LogP contribution in [0.1, 0.15) is 32.3 Å². The molecule has 1 aliphatic heterocycles. The Labute approximate surface area is 189 Å². The summed E-state index contributed by atoms with van der Waals surface area (Å²) in [6.07, 6.45) is 2.57. The number of nitrogens with one attached hydrogen (secondary N) is 2. The minimum atomic E-state index is -2.88. The number of nitrogens with zero attached hydrogens (tertiary/aromatic N) is 2. The minimum absolute atomic E-state index is 0. The summed E-state index contributed by atoms with van der Waals surface area (Å²) in [6.45, 7) is 6.46. The maximum Gasteiger partial charge on any atom is 0.387 e. The Morgan fingerprint density at radius 2 is 1.97 bits per heavy atom. The Balaban J connectivity index is 0.00000420. The molecule has 1 fully saturated rings. The molecule has 1 aliphatic rings. The van der Waals surface area contributed by atoms with Gasteiger partial charge in [-0.15, -0.1) is 24.0 Å². The molecule has 0 aliphatic carbocycles. The first-order valence-corrected chi connectivity index (χ1v) is 9.88. The monoisotopic (exact) mass is 526 g/mol. The number of aliphatic imine (C=N–C) groups is 1. The van der Waals surface area contributed by atoms with Gasteiger partial charge in [0.15, 0.2) is 5.96 Å². The molecule has 1 aromatic carbocycles. The third kappa shape index (κ3) is 9.33. The summed E-state index contributed by atoms with van der Waals surface area (Å²) in [5.74, 6) is 1.82. The van der Waals surface area contributed by atoms with E-state index in [-0.39, 0.29) is 36.3 Å². The molecule has 29 heavy (non-hydrogen) atoms. The second kappa shape index (κ2) is 13.8. The molecule has 2 rings (SSSR count). The van der Waals surface area contributed by atoms with E-state index in [0.29, 0.717) is 29.7 Å². The molecule has 1 aromatic rings. The summed E-state index contributed by atoms with van der Waals surface area (Å²) >= 11 is 0. The van der Waals surface area contributed by atoms with Crippen LogP contribution in [-0.4, -0.2) is 57.3 Å². The number of hydrogen-bond acceptors (Lipinski definition) is 4. The third-order valence-electron chi connectivity index (χ3n) is 4.62. The quantitative estimate of drug-likeness (QED) is 0.277. The molecule has 1 atom stereocenters. The van der Waals surface area contributed by atoms with Gasteiger partial charge in [-0.3, -0.25) is 0 Å². The molecule has 9 heteroatoms. The number of guanidine groups is 1. The van der Waals surface area contributed by atoms with E-state index >= 15 is 0 Å². The van der Waals surface area contributed by atoms with Crippen molar-refractivity contribution < 1.29 is 18.3 Å². The van der Waals surface area contributed by atoms with Crippen molar-refractivity contribution in [2.24, 2.45) is 10.9 Å². The Morgan fingerprint density at radius 1 is 1.24 bits per heavy atom. The highest BCUT2D eigenvalue weighted by atomic mass is 127. The molecule has 0 bridgehead atoms. The van der Waals surface area contributed by atoms with Gasteiger partial charge in [-0.2, -0.15) is 8.78 Å². The van der Waals surface area contributed by atoms with E-state index in [1.165, 1.54) is 39.1 Å². The molecule has 1 saturated heterocycles. The van der Waals surface area contributed by atoms with Crippen LogP contribution in [0.25, 0.3) is 0 Å². The SMILES string of the molecule is CCNC(=NCc1cc(OC)ccc1OC(F)F)NCC(C)CN1CCCC1.I. The van der Waals surface area contributed by atoms with Gasteiger partial charge in [0.25, 0.3) is 0 Å². The Hall–Kier alpha value is -1.36. The first-order valence-electron chi connectivity index (χ1n) is 9.88. The summed E-state index contributed by atoms with van der Waals surface area (Å²) in [7, 11) is 1.53. The van der Waals surface area contributed by atoms with Crippen molar-refractivity contribution in [3.63, 3.8) is 0 Å². The fourth-order valence-electron chi connectivity index (χ4n) is 3.26. The van der Waals surface area contributed by atoms with Crippen molar-refractivity contribution >= 4 is 29.9 Å². The molecule has 2 N–H and O–H groups in total. The Kier molecular flexibility index (Phi) is 12.2. The van der Waals surface area contributed by atoms with Crippen LogP contribution in [0.15, 0.2) is 23.2 Å². The van der Waals surface area contributed by atoms with Gasteiger partial charge in [-0.25, -0.2) is 4.99 Å². The predicted molar refractivity (Wildman–Crippen MR) is 123 cm³/mol. The highest BCUT2D eigenvalue weighted by molar-refractivity contribution is 14.0. The van der Waals surface area contributed by atoms with E-state index < -0.39 is 6.61 Å². The van der Waals surface area contributed by atoms with E-state index in [4.69, 9.17) is 4.74 Å². The summed E-state index contributed by atoms with van der Waals surface area (Å²) in [5.41, 5.74) is 0.543. The van der Waals surface area contributed by atoms with Gasteiger partial charge in [0.1, 0.15) is 11.5 Å². The number of hydrogen-bond donors (Lipinski definition) is 2. The Bertz CT molecular complexity index is 628. The van der Waals surface area contributed by atoms with Gasteiger partial charge in [0, 0.05) is 25.2 Å². The van der Waals surface area contributed by atoms with E-state index in [1.54, 1.807) is 12.1 Å². The van der Waals surface area contributed by atoms with Crippen LogP contribution < -0.4 is 20.1 Å². The minimum Gasteiger partial charge on any atom is -0.497 e. The summed E-state index contributed by atoms with van der Waals surface area (Å²) in [5, 5.41) is 6.54. The van der Waals surface area contributed by atoms with Crippen molar-refractivity contribution in [2.45, 2.75) is 39.8 Å². The van der Waals surface area contributed by atoms with E-state index in [2.05, 4.69) is 32.2 Å². The average molecular weight is 526 g/mol. The molecule has 0 saturated carbocycles. The maximum absolute atomic E-state index is 12.7. The van der Waals surface area contributed by atoms with Crippen LogP contribution in [0.5, 0.6) is 11.5 Å². The highest BCUT2D eigenvalue weighted by Gasteiger charge is 2.15. The molecule has 0 amide bonds. The zero-order chi connectivity index (χ0) is 20.4. The molecule has 0 aromatic heterocycles. The fraction of sp³-hybridized carbons (Fsp3) is 0.650. The van der Waals surface area contributed by atoms with Crippen molar-refractivity contribution in [3.05, 3.63) is 23.8 Å². The van der Waals surface area contributed by atoms with Gasteiger partial charge in [0.05, 0.1) is 13.7 Å². The zero-order valence-corrected chi connectivity index (χ0v) is 19.7. The second-order valence-corrected chi connectivity index (χ2v) is 7.04. The molecule has 0 radical (unpaired) electrons. The van der Waals surface area contributed by atoms with Crippen LogP contribution in [0.3, 0.4) is 0 Å². The van der Waals surface area contributed by atoms with E-state index in [9.17, 15) is 8.78 Å². The normalized spacial score (nSPS) is 15.7. The topological polar surface area (TPSA) is 58.1 Å². The number of rotatable bonds is 10. The van der Waals surface area contributed by atoms with E-state index in [1.807, 2.05) is 6.92 Å². The van der Waals surface area contributed by atoms with Crippen molar-refractivity contribution in [1.29, 1.82) is 0 Å². The largest absolute Gasteiger partial charge is 0.497 e. The smallest absolute Gasteiger partial charge is 0.387 e. The van der Waals surface area contributed by atoms with Crippen LogP contribution >= 0.6 is 24.0 Å². The molecular formula is C20H33F2IN4O2. The molecule has 6 nitrogen and oxygen atoms in total. The molecule has 1 unspecified atom stereocenters. The summed E-state index contributed by atoms with van der Waals surface area (Å²) in [4.78, 5) is 7.02. The van der Waals surface area contributed by atoms with Crippen LogP contribution in [-0.2, 0) is 6.54 Å². The number of likely N-dealkylation sites (tertiary alicyclic amines) is 1. The van der Waals surface area contributed by atoms with Crippen molar-refractivity contribution in [3.8, 4) is 11.5 Å². The first-order chi connectivity index (χ1) is 13.5. The lowest BCUT2D eigenvalue weighted by molar-refractivity contribution is -0.0504. The third-order valence-corrected chi connectivity index (χ3v) is 4.62. The molecule has 166 valence electrons. The number of alkyl halides is 2. The number of ether oxygens (including phenoxy) is 2. The van der Waals surface area contributed by atoms with Gasteiger partial charge >= 0.3 is 6.61 Å². The number of benzene rings is 1. The number of methoxy groups -OCH3 is 1. The van der Waals surface area contributed by atoms with Gasteiger partial charge in [-0.05, 0) is 57.0 Å².